The second-order valence-electron chi connectivity index (χ2n) is 6.80. The van der Waals surface area contributed by atoms with Gasteiger partial charge < -0.3 is 10.1 Å². The summed E-state index contributed by atoms with van der Waals surface area (Å²) < 4.78 is 5.43. The monoisotopic (exact) mass is 382 g/mol. The smallest absolute Gasteiger partial charge is 0.265 e. The molecule has 2 aliphatic rings. The van der Waals surface area contributed by atoms with Crippen LogP contribution in [0.3, 0.4) is 0 Å². The van der Waals surface area contributed by atoms with Gasteiger partial charge in [0.2, 0.25) is 5.91 Å². The highest BCUT2D eigenvalue weighted by Crippen LogP contribution is 2.38. The number of fused-ring (bicyclic) bond motifs is 1. The van der Waals surface area contributed by atoms with Crippen molar-refractivity contribution in [2.24, 2.45) is 0 Å². The minimum absolute atomic E-state index is 0.0262. The summed E-state index contributed by atoms with van der Waals surface area (Å²) in [7, 11) is 0. The molecule has 5 nitrogen and oxygen atoms in total. The van der Waals surface area contributed by atoms with E-state index in [-0.39, 0.29) is 25.0 Å². The Hall–Kier alpha value is -2.47. The highest BCUT2D eigenvalue weighted by molar-refractivity contribution is 8.00. The molecule has 1 N–H and O–H groups in total. The van der Waals surface area contributed by atoms with E-state index in [1.54, 1.807) is 12.1 Å². The summed E-state index contributed by atoms with van der Waals surface area (Å²) in [6.45, 7) is -0.0694. The third kappa shape index (κ3) is 4.11. The number of para-hydroxylation sites is 3. The normalized spacial score (nSPS) is 16.7. The zero-order valence-electron chi connectivity index (χ0n) is 15.0. The number of nitrogens with one attached hydrogen (secondary N) is 1. The maximum absolute atomic E-state index is 12.7. The molecule has 6 heteroatoms. The second kappa shape index (κ2) is 8.05. The topological polar surface area (TPSA) is 58.6 Å². The molecule has 0 bridgehead atoms. The van der Waals surface area contributed by atoms with Gasteiger partial charge in [-0.15, -0.1) is 11.8 Å². The molecule has 1 aliphatic carbocycles. The molecule has 2 aromatic rings. The first-order valence-electron chi connectivity index (χ1n) is 9.28. The van der Waals surface area contributed by atoms with Crippen molar-refractivity contribution >= 4 is 35.0 Å². The molecule has 0 unspecified atom stereocenters. The van der Waals surface area contributed by atoms with Crippen molar-refractivity contribution < 1.29 is 14.3 Å². The molecule has 27 heavy (non-hydrogen) atoms. The Balaban J connectivity index is 1.46. The van der Waals surface area contributed by atoms with E-state index >= 15 is 0 Å². The Kier molecular flexibility index (Phi) is 5.34. The number of anilines is 2. The Morgan fingerprint density at radius 3 is 2.70 bits per heavy atom. The highest BCUT2D eigenvalue weighted by Gasteiger charge is 2.27. The molecule has 1 aliphatic heterocycles. The van der Waals surface area contributed by atoms with Gasteiger partial charge in [0.1, 0.15) is 12.3 Å². The van der Waals surface area contributed by atoms with E-state index in [1.807, 2.05) is 48.2 Å². The van der Waals surface area contributed by atoms with Crippen molar-refractivity contribution in [3.63, 3.8) is 0 Å². The van der Waals surface area contributed by atoms with Gasteiger partial charge in [0, 0.05) is 10.1 Å². The van der Waals surface area contributed by atoms with Crippen LogP contribution in [0.2, 0.25) is 0 Å². The molecule has 2 aromatic carbocycles. The van der Waals surface area contributed by atoms with Gasteiger partial charge in [0.15, 0.2) is 6.61 Å². The van der Waals surface area contributed by atoms with Gasteiger partial charge in [0.25, 0.3) is 5.91 Å². The molecule has 0 aromatic heterocycles. The maximum atomic E-state index is 12.7. The average molecular weight is 382 g/mol. The number of thioether (sulfide) groups is 1. The van der Waals surface area contributed by atoms with Crippen LogP contribution in [0.4, 0.5) is 11.4 Å². The van der Waals surface area contributed by atoms with Crippen molar-refractivity contribution in [3.8, 4) is 5.75 Å². The van der Waals surface area contributed by atoms with Gasteiger partial charge in [-0.25, -0.2) is 0 Å². The third-order valence-corrected chi connectivity index (χ3v) is 6.28. The summed E-state index contributed by atoms with van der Waals surface area (Å²) in [4.78, 5) is 27.5. The van der Waals surface area contributed by atoms with Crippen LogP contribution >= 0.6 is 11.8 Å². The van der Waals surface area contributed by atoms with Crippen LogP contribution in [0.15, 0.2) is 53.4 Å². The van der Waals surface area contributed by atoms with E-state index in [0.717, 1.165) is 10.6 Å². The van der Waals surface area contributed by atoms with Crippen LogP contribution in [0.5, 0.6) is 5.75 Å². The summed E-state index contributed by atoms with van der Waals surface area (Å²) in [5.74, 6) is 0.207. The van der Waals surface area contributed by atoms with E-state index in [4.69, 9.17) is 4.74 Å². The molecule has 0 atom stereocenters. The molecule has 140 valence electrons. The molecule has 1 heterocycles. The average Bonchev–Trinajstić information content (AvgIpc) is 3.19. The number of amides is 2. The highest BCUT2D eigenvalue weighted by atomic mass is 32.2. The van der Waals surface area contributed by atoms with Crippen LogP contribution < -0.4 is 15.0 Å². The number of ether oxygens (including phenoxy) is 1. The van der Waals surface area contributed by atoms with Crippen LogP contribution in [0.1, 0.15) is 25.7 Å². The molecule has 4 rings (SSSR count). The number of hydrogen-bond donors (Lipinski definition) is 1. The summed E-state index contributed by atoms with van der Waals surface area (Å²) in [6, 6.07) is 15.2. The standard InChI is InChI=1S/C21H22N2O3S/c24-20(13-23-17-10-4-5-11-18(17)26-14-21(23)25)22-16-9-3-6-12-19(16)27-15-7-1-2-8-15/h3-6,9-12,15H,1-2,7-8,13-14H2,(H,22,24). The number of carbonyl (C=O) groups is 2. The van der Waals surface area contributed by atoms with Crippen molar-refractivity contribution in [2.75, 3.05) is 23.4 Å². The first-order valence-corrected chi connectivity index (χ1v) is 10.2. The third-order valence-electron chi connectivity index (χ3n) is 4.87. The fourth-order valence-corrected chi connectivity index (χ4v) is 4.85. The van der Waals surface area contributed by atoms with Gasteiger partial charge in [-0.05, 0) is 37.1 Å². The van der Waals surface area contributed by atoms with Crippen LogP contribution in [-0.2, 0) is 9.59 Å². The lowest BCUT2D eigenvalue weighted by Gasteiger charge is -2.28. The molecule has 2 amide bonds. The lowest BCUT2D eigenvalue weighted by Crippen LogP contribution is -2.43. The zero-order valence-corrected chi connectivity index (χ0v) is 15.8. The molecule has 1 fully saturated rings. The van der Waals surface area contributed by atoms with Crippen molar-refractivity contribution in [2.45, 2.75) is 35.8 Å². The molecular weight excluding hydrogens is 360 g/mol. The zero-order chi connectivity index (χ0) is 18.6. The molecular formula is C21H22N2O3S. The van der Waals surface area contributed by atoms with Gasteiger partial charge in [0.05, 0.1) is 11.4 Å². The fourth-order valence-electron chi connectivity index (χ4n) is 3.52. The number of hydrogen-bond acceptors (Lipinski definition) is 4. The number of rotatable bonds is 5. The van der Waals surface area contributed by atoms with Gasteiger partial charge in [-0.2, -0.15) is 0 Å². The Bertz CT molecular complexity index is 849. The first kappa shape index (κ1) is 17.9. The van der Waals surface area contributed by atoms with E-state index in [1.165, 1.54) is 30.6 Å². The summed E-state index contributed by atoms with van der Waals surface area (Å²) in [5.41, 5.74) is 1.45. The first-order chi connectivity index (χ1) is 13.2. The summed E-state index contributed by atoms with van der Waals surface area (Å²) in [5, 5.41) is 3.61. The molecule has 0 radical (unpaired) electrons. The Morgan fingerprint density at radius 1 is 1.11 bits per heavy atom. The Labute approximate surface area is 163 Å². The lowest BCUT2D eigenvalue weighted by molar-refractivity contribution is -0.123. The maximum Gasteiger partial charge on any atom is 0.265 e. The van der Waals surface area contributed by atoms with Crippen molar-refractivity contribution in [1.82, 2.24) is 0 Å². The largest absolute Gasteiger partial charge is 0.482 e. The molecule has 0 spiro atoms. The SMILES string of the molecule is O=C(CN1C(=O)COc2ccccc21)Nc1ccccc1SC1CCCC1. The fraction of sp³-hybridized carbons (Fsp3) is 0.333. The summed E-state index contributed by atoms with van der Waals surface area (Å²) in [6.07, 6.45) is 5.02. The number of carbonyl (C=O) groups excluding carboxylic acids is 2. The van der Waals surface area contributed by atoms with E-state index in [0.29, 0.717) is 16.7 Å². The van der Waals surface area contributed by atoms with Crippen LogP contribution in [-0.4, -0.2) is 30.2 Å². The van der Waals surface area contributed by atoms with Gasteiger partial charge in [-0.1, -0.05) is 37.1 Å². The quantitative estimate of drug-likeness (QED) is 0.846. The minimum atomic E-state index is -0.211. The van der Waals surface area contributed by atoms with E-state index < -0.39 is 0 Å². The van der Waals surface area contributed by atoms with Crippen molar-refractivity contribution in [3.05, 3.63) is 48.5 Å². The number of benzene rings is 2. The predicted molar refractivity (Wildman–Crippen MR) is 107 cm³/mol. The van der Waals surface area contributed by atoms with E-state index in [9.17, 15) is 9.59 Å². The molecule has 1 saturated carbocycles. The second-order valence-corrected chi connectivity index (χ2v) is 8.15. The minimum Gasteiger partial charge on any atom is -0.482 e. The lowest BCUT2D eigenvalue weighted by atomic mass is 10.2. The van der Waals surface area contributed by atoms with E-state index in [2.05, 4.69) is 5.32 Å². The molecule has 0 saturated heterocycles. The number of nitrogens with zero attached hydrogens (tertiary/aromatic N) is 1. The van der Waals surface area contributed by atoms with Crippen molar-refractivity contribution in [1.29, 1.82) is 0 Å². The predicted octanol–water partition coefficient (Wildman–Crippen LogP) is 4.09. The van der Waals surface area contributed by atoms with Crippen LogP contribution in [0.25, 0.3) is 0 Å². The van der Waals surface area contributed by atoms with Gasteiger partial charge in [-0.3, -0.25) is 14.5 Å². The Morgan fingerprint density at radius 2 is 1.85 bits per heavy atom. The summed E-state index contributed by atoms with van der Waals surface area (Å²) >= 11 is 1.84. The van der Waals surface area contributed by atoms with Gasteiger partial charge >= 0.3 is 0 Å². The van der Waals surface area contributed by atoms with Crippen LogP contribution in [0, 0.1) is 0 Å².